The molecule has 1 aromatic carbocycles. The molecule has 1 fully saturated rings. The van der Waals surface area contributed by atoms with Gasteiger partial charge in [-0.3, -0.25) is 15.0 Å². The summed E-state index contributed by atoms with van der Waals surface area (Å²) >= 11 is 0. The summed E-state index contributed by atoms with van der Waals surface area (Å²) in [5, 5.41) is 12.2. The van der Waals surface area contributed by atoms with Gasteiger partial charge < -0.3 is 9.84 Å². The first-order valence-electron chi connectivity index (χ1n) is 7.06. The largest absolute Gasteiger partial charge is 0.480 e. The third-order valence-electron chi connectivity index (χ3n) is 3.95. The molecular formula is C15H18N2O4. The van der Waals surface area contributed by atoms with Crippen molar-refractivity contribution in [3.63, 3.8) is 0 Å². The van der Waals surface area contributed by atoms with Crippen LogP contribution in [0.2, 0.25) is 0 Å². The van der Waals surface area contributed by atoms with E-state index in [4.69, 9.17) is 4.74 Å². The fourth-order valence-electron chi connectivity index (χ4n) is 3.14. The quantitative estimate of drug-likeness (QED) is 0.870. The number of benzene rings is 1. The summed E-state index contributed by atoms with van der Waals surface area (Å²) < 4.78 is 5.29. The molecule has 3 atom stereocenters. The van der Waals surface area contributed by atoms with Crippen LogP contribution in [0, 0.1) is 0 Å². The van der Waals surface area contributed by atoms with Crippen LogP contribution < -0.4 is 10.2 Å². The second kappa shape index (κ2) is 5.04. The Labute approximate surface area is 122 Å². The van der Waals surface area contributed by atoms with Gasteiger partial charge in [0.15, 0.2) is 0 Å². The van der Waals surface area contributed by atoms with Crippen LogP contribution in [-0.2, 0) is 9.53 Å². The van der Waals surface area contributed by atoms with Gasteiger partial charge in [-0.1, -0.05) is 18.2 Å². The minimum atomic E-state index is -0.890. The van der Waals surface area contributed by atoms with Crippen LogP contribution in [0.15, 0.2) is 24.3 Å². The number of hydrogen-bond acceptors (Lipinski definition) is 4. The van der Waals surface area contributed by atoms with Gasteiger partial charge in [0.05, 0.1) is 18.0 Å². The number of carbonyl (C=O) groups is 2. The molecule has 0 aromatic heterocycles. The molecule has 21 heavy (non-hydrogen) atoms. The van der Waals surface area contributed by atoms with Crippen molar-refractivity contribution in [2.75, 3.05) is 4.90 Å². The molecule has 6 heteroatoms. The van der Waals surface area contributed by atoms with E-state index in [0.29, 0.717) is 6.42 Å². The average molecular weight is 290 g/mol. The van der Waals surface area contributed by atoms with Gasteiger partial charge in [-0.05, 0) is 31.9 Å². The summed E-state index contributed by atoms with van der Waals surface area (Å²) in [4.78, 5) is 25.1. The van der Waals surface area contributed by atoms with E-state index < -0.39 is 18.1 Å². The maximum atomic E-state index is 12.4. The molecule has 0 bridgehead atoms. The number of carboxylic acid groups (broad SMARTS) is 1. The lowest BCUT2D eigenvalue weighted by Gasteiger charge is -2.26. The number of aliphatic carboxylic acids is 1. The highest BCUT2D eigenvalue weighted by molar-refractivity contribution is 5.92. The summed E-state index contributed by atoms with van der Waals surface area (Å²) in [7, 11) is 0. The van der Waals surface area contributed by atoms with Gasteiger partial charge in [0.2, 0.25) is 0 Å². The Morgan fingerprint density at radius 2 is 2.10 bits per heavy atom. The van der Waals surface area contributed by atoms with Crippen molar-refractivity contribution < 1.29 is 19.4 Å². The van der Waals surface area contributed by atoms with E-state index in [1.807, 2.05) is 24.3 Å². The van der Waals surface area contributed by atoms with Gasteiger partial charge in [0.1, 0.15) is 6.04 Å². The van der Waals surface area contributed by atoms with E-state index in [1.54, 1.807) is 18.7 Å². The summed E-state index contributed by atoms with van der Waals surface area (Å²) in [5.41, 5.74) is 1.80. The van der Waals surface area contributed by atoms with E-state index >= 15 is 0 Å². The van der Waals surface area contributed by atoms with Crippen molar-refractivity contribution in [3.05, 3.63) is 29.8 Å². The molecule has 1 aromatic rings. The molecule has 6 nitrogen and oxygen atoms in total. The third-order valence-corrected chi connectivity index (χ3v) is 3.95. The van der Waals surface area contributed by atoms with Crippen LogP contribution in [0.1, 0.15) is 31.7 Å². The predicted octanol–water partition coefficient (Wildman–Crippen LogP) is 1.91. The van der Waals surface area contributed by atoms with Crippen molar-refractivity contribution in [1.82, 2.24) is 5.32 Å². The fraction of sp³-hybridized carbons (Fsp3) is 0.467. The second-order valence-electron chi connectivity index (χ2n) is 5.71. The average Bonchev–Trinajstić information content (AvgIpc) is 2.94. The van der Waals surface area contributed by atoms with Gasteiger partial charge in [0.25, 0.3) is 0 Å². The van der Waals surface area contributed by atoms with Crippen molar-refractivity contribution in [3.8, 4) is 0 Å². The Bertz CT molecular complexity index is 587. The lowest BCUT2D eigenvalue weighted by molar-refractivity contribution is -0.139. The Kier molecular flexibility index (Phi) is 3.33. The first-order chi connectivity index (χ1) is 9.99. The molecule has 0 saturated carbocycles. The summed E-state index contributed by atoms with van der Waals surface area (Å²) in [6.45, 7) is 3.58. The predicted molar refractivity (Wildman–Crippen MR) is 76.2 cm³/mol. The number of carbonyl (C=O) groups excluding carboxylic acids is 1. The number of carboxylic acids is 1. The normalized spacial score (nSPS) is 26.6. The smallest absolute Gasteiger partial charge is 0.415 e. The molecule has 0 spiro atoms. The standard InChI is InChI=1S/C15H18N2O4/c1-8(2)21-15(20)17-12-6-4-3-5-9(12)10-7-11(14(18)19)16-13(10)17/h3-6,8,10-11,13,16H,7H2,1-2H3,(H,18,19)/t10-,11+,13+/m1/s1. The molecule has 2 aliphatic rings. The number of hydrogen-bond donors (Lipinski definition) is 2. The zero-order chi connectivity index (χ0) is 15.1. The number of para-hydroxylation sites is 1. The number of amides is 1. The van der Waals surface area contributed by atoms with Crippen LogP contribution in [0.3, 0.4) is 0 Å². The van der Waals surface area contributed by atoms with Gasteiger partial charge in [-0.2, -0.15) is 0 Å². The third kappa shape index (κ3) is 2.25. The molecule has 2 heterocycles. The van der Waals surface area contributed by atoms with Gasteiger partial charge >= 0.3 is 12.1 Å². The number of fused-ring (bicyclic) bond motifs is 3. The molecule has 2 aliphatic heterocycles. The lowest BCUT2D eigenvalue weighted by atomic mass is 9.96. The van der Waals surface area contributed by atoms with Gasteiger partial charge in [-0.15, -0.1) is 0 Å². The molecule has 1 amide bonds. The van der Waals surface area contributed by atoms with Gasteiger partial charge in [-0.25, -0.2) is 4.79 Å². The molecule has 0 unspecified atom stereocenters. The maximum absolute atomic E-state index is 12.4. The monoisotopic (exact) mass is 290 g/mol. The highest BCUT2D eigenvalue weighted by atomic mass is 16.6. The highest BCUT2D eigenvalue weighted by Gasteiger charge is 2.49. The number of nitrogens with zero attached hydrogens (tertiary/aromatic N) is 1. The van der Waals surface area contributed by atoms with Crippen LogP contribution in [0.5, 0.6) is 0 Å². The van der Waals surface area contributed by atoms with Crippen LogP contribution in [0.25, 0.3) is 0 Å². The molecule has 2 N–H and O–H groups in total. The lowest BCUT2D eigenvalue weighted by Crippen LogP contribution is -2.48. The molecule has 0 aliphatic carbocycles. The first-order valence-corrected chi connectivity index (χ1v) is 7.06. The molecule has 1 saturated heterocycles. The van der Waals surface area contributed by atoms with E-state index in [1.165, 1.54) is 0 Å². The zero-order valence-electron chi connectivity index (χ0n) is 11.9. The Morgan fingerprint density at radius 1 is 1.38 bits per heavy atom. The van der Waals surface area contributed by atoms with E-state index in [2.05, 4.69) is 5.32 Å². The van der Waals surface area contributed by atoms with E-state index in [0.717, 1.165) is 11.3 Å². The highest BCUT2D eigenvalue weighted by Crippen LogP contribution is 2.45. The fourth-order valence-corrected chi connectivity index (χ4v) is 3.14. The maximum Gasteiger partial charge on any atom is 0.415 e. The number of anilines is 1. The van der Waals surface area contributed by atoms with E-state index in [9.17, 15) is 14.7 Å². The molecule has 3 rings (SSSR count). The molecule has 0 radical (unpaired) electrons. The molecule has 112 valence electrons. The molecular weight excluding hydrogens is 272 g/mol. The second-order valence-corrected chi connectivity index (χ2v) is 5.71. The van der Waals surface area contributed by atoms with Crippen molar-refractivity contribution >= 4 is 17.7 Å². The Morgan fingerprint density at radius 3 is 2.76 bits per heavy atom. The zero-order valence-corrected chi connectivity index (χ0v) is 11.9. The Hall–Kier alpha value is -2.08. The summed E-state index contributed by atoms with van der Waals surface area (Å²) in [6, 6.07) is 6.95. The first kappa shape index (κ1) is 13.9. The van der Waals surface area contributed by atoms with Crippen molar-refractivity contribution in [1.29, 1.82) is 0 Å². The van der Waals surface area contributed by atoms with Crippen LogP contribution >= 0.6 is 0 Å². The van der Waals surface area contributed by atoms with Gasteiger partial charge in [0, 0.05) is 5.92 Å². The number of rotatable bonds is 2. The van der Waals surface area contributed by atoms with Crippen LogP contribution in [0.4, 0.5) is 10.5 Å². The summed E-state index contributed by atoms with van der Waals surface area (Å²) in [6.07, 6.45) is -0.540. The van der Waals surface area contributed by atoms with E-state index in [-0.39, 0.29) is 18.2 Å². The SMILES string of the molecule is CC(C)OC(=O)N1c2ccccc2[C@H]2C[C@@H](C(=O)O)N[C@H]21. The topological polar surface area (TPSA) is 78.9 Å². The number of ether oxygens (including phenoxy) is 1. The van der Waals surface area contributed by atoms with Crippen LogP contribution in [-0.4, -0.2) is 35.5 Å². The van der Waals surface area contributed by atoms with Crippen molar-refractivity contribution in [2.45, 2.75) is 44.5 Å². The van der Waals surface area contributed by atoms with Crippen molar-refractivity contribution in [2.24, 2.45) is 0 Å². The number of nitrogens with one attached hydrogen (secondary N) is 1. The Balaban J connectivity index is 1.95. The minimum Gasteiger partial charge on any atom is -0.480 e. The minimum absolute atomic E-state index is 0.0120. The summed E-state index contributed by atoms with van der Waals surface area (Å²) in [5.74, 6) is -0.902.